The fraction of sp³-hybridized carbons (Fsp3) is 0.174. The van der Waals surface area contributed by atoms with Gasteiger partial charge >= 0.3 is 0 Å². The van der Waals surface area contributed by atoms with E-state index in [2.05, 4.69) is 30.2 Å². The molecule has 156 valence electrons. The van der Waals surface area contributed by atoms with Crippen LogP contribution in [0, 0.1) is 11.3 Å². The monoisotopic (exact) mass is 431 g/mol. The number of nitriles is 1. The van der Waals surface area contributed by atoms with Crippen LogP contribution in [0.5, 0.6) is 0 Å². The van der Waals surface area contributed by atoms with Crippen LogP contribution in [-0.2, 0) is 6.54 Å². The molecular formula is C23H21N5O2S. The zero-order valence-electron chi connectivity index (χ0n) is 17.1. The highest BCUT2D eigenvalue weighted by Gasteiger charge is 2.24. The number of carbonyl (C=O) groups is 1. The third-order valence-electron chi connectivity index (χ3n) is 5.09. The fourth-order valence-corrected chi connectivity index (χ4v) is 4.46. The molecule has 1 aromatic carbocycles. The van der Waals surface area contributed by atoms with E-state index in [0.29, 0.717) is 32.3 Å². The van der Waals surface area contributed by atoms with Gasteiger partial charge in [-0.1, -0.05) is 38.1 Å². The number of carbonyl (C=O) groups excluding carboxylic acids is 1. The molecular weight excluding hydrogens is 410 g/mol. The van der Waals surface area contributed by atoms with Crippen molar-refractivity contribution in [1.29, 1.82) is 5.26 Å². The smallest absolute Gasteiger partial charge is 0.263 e. The summed E-state index contributed by atoms with van der Waals surface area (Å²) in [5.41, 5.74) is 15.6. The van der Waals surface area contributed by atoms with Gasteiger partial charge in [-0.3, -0.25) is 4.79 Å². The van der Waals surface area contributed by atoms with Gasteiger partial charge in [-0.05, 0) is 29.2 Å². The van der Waals surface area contributed by atoms with Gasteiger partial charge in [-0.2, -0.15) is 5.26 Å². The van der Waals surface area contributed by atoms with Crippen molar-refractivity contribution < 1.29 is 9.21 Å². The molecule has 0 aliphatic heterocycles. The van der Waals surface area contributed by atoms with Gasteiger partial charge in [-0.15, -0.1) is 11.3 Å². The summed E-state index contributed by atoms with van der Waals surface area (Å²) in [7, 11) is 0. The average Bonchev–Trinajstić information content (AvgIpc) is 3.39. The van der Waals surface area contributed by atoms with Crippen LogP contribution in [0.15, 0.2) is 47.1 Å². The summed E-state index contributed by atoms with van der Waals surface area (Å²) in [6.07, 6.45) is 1.54. The molecule has 0 spiro atoms. The van der Waals surface area contributed by atoms with E-state index >= 15 is 0 Å². The molecule has 5 N–H and O–H groups in total. The Morgan fingerprint density at radius 2 is 2.00 bits per heavy atom. The summed E-state index contributed by atoms with van der Waals surface area (Å²) in [5.74, 6) is 0.785. The molecule has 4 aromatic rings. The summed E-state index contributed by atoms with van der Waals surface area (Å²) in [4.78, 5) is 18.0. The van der Waals surface area contributed by atoms with Gasteiger partial charge in [0.05, 0.1) is 18.5 Å². The van der Waals surface area contributed by atoms with E-state index in [9.17, 15) is 10.1 Å². The van der Waals surface area contributed by atoms with E-state index in [-0.39, 0.29) is 29.5 Å². The van der Waals surface area contributed by atoms with Crippen LogP contribution in [0.4, 0.5) is 11.5 Å². The molecule has 1 amide bonds. The Labute approximate surface area is 183 Å². The Hall–Kier alpha value is -3.83. The number of nitrogens with one attached hydrogen (secondary N) is 1. The van der Waals surface area contributed by atoms with Gasteiger partial charge in [0.15, 0.2) is 0 Å². The second-order valence-corrected chi connectivity index (χ2v) is 8.42. The Morgan fingerprint density at radius 1 is 1.26 bits per heavy atom. The zero-order valence-corrected chi connectivity index (χ0v) is 17.9. The normalized spacial score (nSPS) is 11.0. The summed E-state index contributed by atoms with van der Waals surface area (Å²) in [6, 6.07) is 13.6. The van der Waals surface area contributed by atoms with Crippen LogP contribution in [0.25, 0.3) is 21.3 Å². The lowest BCUT2D eigenvalue weighted by atomic mass is 9.94. The van der Waals surface area contributed by atoms with Crippen molar-refractivity contribution in [1.82, 2.24) is 10.3 Å². The van der Waals surface area contributed by atoms with Crippen LogP contribution < -0.4 is 16.8 Å². The first-order valence-electron chi connectivity index (χ1n) is 9.73. The molecule has 7 nitrogen and oxygen atoms in total. The number of hydrogen-bond donors (Lipinski definition) is 3. The number of aromatic nitrogens is 1. The lowest BCUT2D eigenvalue weighted by Crippen LogP contribution is -2.22. The third kappa shape index (κ3) is 3.71. The number of rotatable bonds is 5. The number of furan rings is 1. The second-order valence-electron chi connectivity index (χ2n) is 7.42. The molecule has 8 heteroatoms. The summed E-state index contributed by atoms with van der Waals surface area (Å²) >= 11 is 1.15. The minimum Gasteiger partial charge on any atom is -0.467 e. The number of anilines is 2. The maximum absolute atomic E-state index is 12.8. The van der Waals surface area contributed by atoms with E-state index in [1.807, 2.05) is 24.3 Å². The topological polar surface area (TPSA) is 131 Å². The van der Waals surface area contributed by atoms with Gasteiger partial charge in [0.25, 0.3) is 5.91 Å². The van der Waals surface area contributed by atoms with Crippen LogP contribution >= 0.6 is 11.3 Å². The van der Waals surface area contributed by atoms with Crippen molar-refractivity contribution in [2.75, 3.05) is 11.5 Å². The van der Waals surface area contributed by atoms with Crippen LogP contribution in [0.1, 0.15) is 46.3 Å². The number of nitrogens with zero attached hydrogens (tertiary/aromatic N) is 2. The lowest BCUT2D eigenvalue weighted by molar-refractivity contribution is 0.0953. The van der Waals surface area contributed by atoms with Gasteiger partial charge < -0.3 is 21.2 Å². The number of amides is 1. The largest absolute Gasteiger partial charge is 0.467 e. The fourth-order valence-electron chi connectivity index (χ4n) is 3.44. The predicted molar refractivity (Wildman–Crippen MR) is 123 cm³/mol. The molecule has 0 saturated heterocycles. The number of nitrogen functional groups attached to an aromatic ring is 2. The Kier molecular flexibility index (Phi) is 5.36. The van der Waals surface area contributed by atoms with Crippen molar-refractivity contribution in [2.24, 2.45) is 0 Å². The van der Waals surface area contributed by atoms with E-state index in [1.165, 1.54) is 5.56 Å². The number of hydrogen-bond acceptors (Lipinski definition) is 7. The Morgan fingerprint density at radius 3 is 2.61 bits per heavy atom. The van der Waals surface area contributed by atoms with Crippen molar-refractivity contribution >= 4 is 39.0 Å². The van der Waals surface area contributed by atoms with Gasteiger partial charge in [0.2, 0.25) is 0 Å². The Balaban J connectivity index is 1.83. The summed E-state index contributed by atoms with van der Waals surface area (Å²) in [6.45, 7) is 4.47. The first-order valence-corrected chi connectivity index (χ1v) is 10.5. The van der Waals surface area contributed by atoms with Gasteiger partial charge in [-0.25, -0.2) is 4.98 Å². The van der Waals surface area contributed by atoms with Crippen LogP contribution in [0.2, 0.25) is 0 Å². The zero-order chi connectivity index (χ0) is 22.1. The highest BCUT2D eigenvalue weighted by atomic mass is 32.1. The molecule has 0 radical (unpaired) electrons. The maximum atomic E-state index is 12.8. The SMILES string of the molecule is CC(C)c1ccc(-c2c(C#N)c(N)nc3sc(C(=O)NCc4ccco4)c(N)c23)cc1. The van der Waals surface area contributed by atoms with Crippen molar-refractivity contribution in [2.45, 2.75) is 26.3 Å². The number of thiophene rings is 1. The molecule has 0 saturated carbocycles. The molecule has 0 unspecified atom stereocenters. The molecule has 0 atom stereocenters. The van der Waals surface area contributed by atoms with Crippen molar-refractivity contribution in [3.63, 3.8) is 0 Å². The third-order valence-corrected chi connectivity index (χ3v) is 6.19. The number of fused-ring (bicyclic) bond motifs is 1. The lowest BCUT2D eigenvalue weighted by Gasteiger charge is -2.11. The summed E-state index contributed by atoms with van der Waals surface area (Å²) in [5, 5.41) is 13.1. The number of pyridine rings is 1. The van der Waals surface area contributed by atoms with Crippen LogP contribution in [-0.4, -0.2) is 10.9 Å². The molecule has 4 rings (SSSR count). The highest BCUT2D eigenvalue weighted by molar-refractivity contribution is 7.21. The first-order chi connectivity index (χ1) is 14.9. The Bertz CT molecular complexity index is 1300. The quantitative estimate of drug-likeness (QED) is 0.422. The highest BCUT2D eigenvalue weighted by Crippen LogP contribution is 2.42. The van der Waals surface area contributed by atoms with Gasteiger partial charge in [0, 0.05) is 10.9 Å². The molecule has 0 bridgehead atoms. The maximum Gasteiger partial charge on any atom is 0.263 e. The molecule has 31 heavy (non-hydrogen) atoms. The first kappa shape index (κ1) is 20.4. The molecule has 0 aliphatic rings. The molecule has 3 aromatic heterocycles. The minimum atomic E-state index is -0.338. The summed E-state index contributed by atoms with van der Waals surface area (Å²) < 4.78 is 5.25. The minimum absolute atomic E-state index is 0.113. The standard InChI is InChI=1S/C23H21N5O2S/c1-12(2)13-5-7-14(8-6-13)17-16(10-24)21(26)28-23-18(17)19(25)20(31-23)22(29)27-11-15-4-3-9-30-15/h3-9,12H,11,25H2,1-2H3,(H2,26,28)(H,27,29). The second kappa shape index (κ2) is 8.13. The van der Waals surface area contributed by atoms with Crippen molar-refractivity contribution in [3.05, 3.63) is 64.4 Å². The van der Waals surface area contributed by atoms with E-state index in [0.717, 1.165) is 16.9 Å². The molecule has 0 aliphatic carbocycles. The van der Waals surface area contributed by atoms with Gasteiger partial charge in [0.1, 0.15) is 32.9 Å². The molecule has 0 fully saturated rings. The van der Waals surface area contributed by atoms with E-state index in [4.69, 9.17) is 15.9 Å². The molecule has 3 heterocycles. The average molecular weight is 432 g/mol. The van der Waals surface area contributed by atoms with E-state index < -0.39 is 0 Å². The van der Waals surface area contributed by atoms with Crippen LogP contribution in [0.3, 0.4) is 0 Å². The number of benzene rings is 1. The van der Waals surface area contributed by atoms with Crippen molar-refractivity contribution in [3.8, 4) is 17.2 Å². The predicted octanol–water partition coefficient (Wildman–Crippen LogP) is 4.65. The number of nitrogens with two attached hydrogens (primary N) is 2. The van der Waals surface area contributed by atoms with E-state index in [1.54, 1.807) is 18.4 Å².